The van der Waals surface area contributed by atoms with Crippen LogP contribution in [0.1, 0.15) is 32.6 Å². The molecule has 1 fully saturated rings. The molecule has 2 atom stereocenters. The second kappa shape index (κ2) is 8.03. The van der Waals surface area contributed by atoms with Crippen LogP contribution in [-0.2, 0) is 0 Å². The molecule has 0 radical (unpaired) electrons. The maximum absolute atomic E-state index is 12.3. The normalized spacial score (nSPS) is 20.7. The second-order valence-corrected chi connectivity index (χ2v) is 5.91. The number of urea groups is 1. The van der Waals surface area contributed by atoms with E-state index in [9.17, 15) is 9.90 Å². The van der Waals surface area contributed by atoms with Crippen LogP contribution < -0.4 is 10.1 Å². The number of ether oxygens (including phenoxy) is 1. The van der Waals surface area contributed by atoms with Gasteiger partial charge in [-0.2, -0.15) is 0 Å². The third-order valence-corrected chi connectivity index (χ3v) is 4.06. The van der Waals surface area contributed by atoms with Gasteiger partial charge in [-0.15, -0.1) is 0 Å². The molecular formula is C17H26N2O3. The number of anilines is 1. The highest BCUT2D eigenvalue weighted by Crippen LogP contribution is 2.27. The summed E-state index contributed by atoms with van der Waals surface area (Å²) < 4.78 is 5.64. The maximum Gasteiger partial charge on any atom is 0.321 e. The minimum absolute atomic E-state index is 0.174. The highest BCUT2D eigenvalue weighted by Gasteiger charge is 2.27. The summed E-state index contributed by atoms with van der Waals surface area (Å²) in [6.07, 6.45) is 3.50. The zero-order valence-corrected chi connectivity index (χ0v) is 13.4. The largest absolute Gasteiger partial charge is 0.491 e. The van der Waals surface area contributed by atoms with Crippen LogP contribution in [0.5, 0.6) is 5.75 Å². The van der Waals surface area contributed by atoms with E-state index in [2.05, 4.69) is 5.32 Å². The van der Waals surface area contributed by atoms with Gasteiger partial charge in [0, 0.05) is 19.5 Å². The summed E-state index contributed by atoms with van der Waals surface area (Å²) >= 11 is 0. The van der Waals surface area contributed by atoms with Crippen molar-refractivity contribution >= 4 is 11.7 Å². The lowest BCUT2D eigenvalue weighted by Crippen LogP contribution is -2.37. The van der Waals surface area contributed by atoms with Crippen LogP contribution in [0.4, 0.5) is 10.5 Å². The van der Waals surface area contributed by atoms with Gasteiger partial charge >= 0.3 is 6.03 Å². The van der Waals surface area contributed by atoms with Gasteiger partial charge in [-0.3, -0.25) is 0 Å². The lowest BCUT2D eigenvalue weighted by molar-refractivity contribution is 0.116. The first-order valence-corrected chi connectivity index (χ1v) is 8.03. The molecule has 1 saturated carbocycles. The van der Waals surface area contributed by atoms with Crippen molar-refractivity contribution in [1.82, 2.24) is 4.90 Å². The molecule has 0 heterocycles. The number of nitrogens with zero attached hydrogens (tertiary/aromatic N) is 1. The number of para-hydroxylation sites is 2. The quantitative estimate of drug-likeness (QED) is 0.849. The molecule has 0 bridgehead atoms. The molecule has 0 saturated heterocycles. The van der Waals surface area contributed by atoms with E-state index < -0.39 is 0 Å². The number of carbonyl (C=O) groups excluding carboxylic acids is 1. The Kier molecular flexibility index (Phi) is 6.07. The molecule has 5 heteroatoms. The number of aliphatic hydroxyl groups is 1. The average molecular weight is 306 g/mol. The first-order chi connectivity index (χ1) is 10.6. The number of carbonyl (C=O) groups is 1. The molecule has 2 unspecified atom stereocenters. The summed E-state index contributed by atoms with van der Waals surface area (Å²) in [6.45, 7) is 3.24. The summed E-state index contributed by atoms with van der Waals surface area (Å²) in [6, 6.07) is 7.27. The fraction of sp³-hybridized carbons (Fsp3) is 0.588. The number of amides is 2. The van der Waals surface area contributed by atoms with Crippen molar-refractivity contribution in [1.29, 1.82) is 0 Å². The number of aliphatic hydroxyl groups excluding tert-OH is 1. The standard InChI is InChI=1S/C17H26N2O3/c1-3-11-22-16-10-5-4-8-14(16)18-17(21)19(2)12-13-7-6-9-15(13)20/h4-5,8,10,13,15,20H,3,6-7,9,11-12H2,1-2H3,(H,18,21). The highest BCUT2D eigenvalue weighted by molar-refractivity contribution is 5.90. The van der Waals surface area contributed by atoms with Crippen molar-refractivity contribution < 1.29 is 14.6 Å². The van der Waals surface area contributed by atoms with Crippen molar-refractivity contribution in [3.8, 4) is 5.75 Å². The van der Waals surface area contributed by atoms with Gasteiger partial charge in [0.2, 0.25) is 0 Å². The molecule has 1 aliphatic carbocycles. The molecule has 22 heavy (non-hydrogen) atoms. The van der Waals surface area contributed by atoms with Gasteiger partial charge in [0.1, 0.15) is 5.75 Å². The van der Waals surface area contributed by atoms with E-state index in [0.717, 1.165) is 25.7 Å². The van der Waals surface area contributed by atoms with Crippen molar-refractivity contribution in [2.75, 3.05) is 25.5 Å². The molecule has 0 spiro atoms. The Labute approximate surface area is 132 Å². The molecule has 122 valence electrons. The van der Waals surface area contributed by atoms with E-state index in [-0.39, 0.29) is 18.1 Å². The van der Waals surface area contributed by atoms with Gasteiger partial charge in [-0.1, -0.05) is 25.5 Å². The number of nitrogens with one attached hydrogen (secondary N) is 1. The third kappa shape index (κ3) is 4.37. The average Bonchev–Trinajstić information content (AvgIpc) is 2.91. The Bertz CT molecular complexity index is 493. The number of hydrogen-bond donors (Lipinski definition) is 2. The predicted molar refractivity (Wildman–Crippen MR) is 87.2 cm³/mol. The van der Waals surface area contributed by atoms with Gasteiger partial charge in [-0.25, -0.2) is 4.79 Å². The first-order valence-electron chi connectivity index (χ1n) is 8.03. The molecule has 5 nitrogen and oxygen atoms in total. The van der Waals surface area contributed by atoms with Crippen molar-refractivity contribution in [3.05, 3.63) is 24.3 Å². The van der Waals surface area contributed by atoms with E-state index in [1.165, 1.54) is 0 Å². The minimum atomic E-state index is -0.282. The smallest absolute Gasteiger partial charge is 0.321 e. The van der Waals surface area contributed by atoms with Gasteiger partial charge in [0.15, 0.2) is 0 Å². The molecule has 1 aromatic carbocycles. The van der Waals surface area contributed by atoms with Crippen LogP contribution in [0.3, 0.4) is 0 Å². The van der Waals surface area contributed by atoms with Crippen LogP contribution in [0, 0.1) is 5.92 Å². The topological polar surface area (TPSA) is 61.8 Å². The highest BCUT2D eigenvalue weighted by atomic mass is 16.5. The monoisotopic (exact) mass is 306 g/mol. The van der Waals surface area contributed by atoms with Crippen molar-refractivity contribution in [2.45, 2.75) is 38.7 Å². The van der Waals surface area contributed by atoms with E-state index in [4.69, 9.17) is 4.74 Å². The SMILES string of the molecule is CCCOc1ccccc1NC(=O)N(C)CC1CCCC1O. The molecule has 1 aromatic rings. The third-order valence-electron chi connectivity index (χ3n) is 4.06. The number of benzene rings is 1. The van der Waals surface area contributed by atoms with E-state index in [0.29, 0.717) is 24.6 Å². The fourth-order valence-corrected chi connectivity index (χ4v) is 2.78. The molecule has 2 amide bonds. The van der Waals surface area contributed by atoms with E-state index >= 15 is 0 Å². The van der Waals surface area contributed by atoms with E-state index in [1.807, 2.05) is 31.2 Å². The Morgan fingerprint density at radius 1 is 1.41 bits per heavy atom. The summed E-state index contributed by atoms with van der Waals surface area (Å²) in [5, 5.41) is 12.8. The van der Waals surface area contributed by atoms with Gasteiger partial charge in [0.05, 0.1) is 18.4 Å². The predicted octanol–water partition coefficient (Wildman–Crippen LogP) is 3.10. The van der Waals surface area contributed by atoms with Crippen molar-refractivity contribution in [3.63, 3.8) is 0 Å². The first kappa shape index (κ1) is 16.6. The number of hydrogen-bond acceptors (Lipinski definition) is 3. The van der Waals surface area contributed by atoms with Crippen LogP contribution >= 0.6 is 0 Å². The van der Waals surface area contributed by atoms with Crippen LogP contribution in [-0.4, -0.2) is 42.3 Å². The van der Waals surface area contributed by atoms with Crippen LogP contribution in [0.15, 0.2) is 24.3 Å². The van der Waals surface area contributed by atoms with Crippen LogP contribution in [0.25, 0.3) is 0 Å². The van der Waals surface area contributed by atoms with E-state index in [1.54, 1.807) is 11.9 Å². The number of rotatable bonds is 6. The Balaban J connectivity index is 1.93. The minimum Gasteiger partial charge on any atom is -0.491 e. The fourth-order valence-electron chi connectivity index (χ4n) is 2.78. The zero-order chi connectivity index (χ0) is 15.9. The summed E-state index contributed by atoms with van der Waals surface area (Å²) in [7, 11) is 1.76. The Morgan fingerprint density at radius 2 is 2.18 bits per heavy atom. The molecule has 2 rings (SSSR count). The zero-order valence-electron chi connectivity index (χ0n) is 13.4. The maximum atomic E-state index is 12.3. The summed E-state index contributed by atoms with van der Waals surface area (Å²) in [4.78, 5) is 13.9. The van der Waals surface area contributed by atoms with Gasteiger partial charge in [0.25, 0.3) is 0 Å². The van der Waals surface area contributed by atoms with Gasteiger partial charge < -0.3 is 20.1 Å². The van der Waals surface area contributed by atoms with Gasteiger partial charge in [-0.05, 0) is 31.4 Å². The Hall–Kier alpha value is -1.75. The lowest BCUT2D eigenvalue weighted by Gasteiger charge is -2.24. The molecule has 0 aliphatic heterocycles. The Morgan fingerprint density at radius 3 is 2.86 bits per heavy atom. The molecular weight excluding hydrogens is 280 g/mol. The summed E-state index contributed by atoms with van der Waals surface area (Å²) in [5.41, 5.74) is 0.680. The van der Waals surface area contributed by atoms with Crippen molar-refractivity contribution in [2.24, 2.45) is 5.92 Å². The molecule has 2 N–H and O–H groups in total. The lowest BCUT2D eigenvalue weighted by atomic mass is 10.1. The molecule has 1 aliphatic rings. The summed E-state index contributed by atoms with van der Waals surface area (Å²) in [5.74, 6) is 0.870. The molecule has 0 aromatic heterocycles. The van der Waals surface area contributed by atoms with Crippen LogP contribution in [0.2, 0.25) is 0 Å². The second-order valence-electron chi connectivity index (χ2n) is 5.91.